The standard InChI is InChI=1S/C21H28N2O3/c1-7-10-23-19(24)9-8-18(22-23)20(25)26-13-17-14(2)11-16(12-15(17)3)21(4,5)6/h8-9,11-12H,7,10,13H2,1-6H3. The SMILES string of the molecule is CCCn1nc(C(=O)OCc2c(C)cc(C(C)(C)C)cc2C)ccc1=O. The molecule has 5 heteroatoms. The first-order chi connectivity index (χ1) is 12.1. The fourth-order valence-electron chi connectivity index (χ4n) is 2.80. The molecule has 1 aromatic heterocycles. The topological polar surface area (TPSA) is 61.2 Å². The van der Waals surface area contributed by atoms with Gasteiger partial charge in [-0.25, -0.2) is 9.48 Å². The van der Waals surface area contributed by atoms with Gasteiger partial charge in [0.25, 0.3) is 5.56 Å². The second-order valence-electron chi connectivity index (χ2n) is 7.69. The van der Waals surface area contributed by atoms with Gasteiger partial charge in [-0.15, -0.1) is 0 Å². The zero-order chi connectivity index (χ0) is 19.5. The summed E-state index contributed by atoms with van der Waals surface area (Å²) in [6.45, 7) is 13.2. The molecular formula is C21H28N2O3. The molecule has 0 amide bonds. The van der Waals surface area contributed by atoms with Crippen LogP contribution in [0.1, 0.15) is 66.9 Å². The number of hydrogen-bond acceptors (Lipinski definition) is 4. The Hall–Kier alpha value is -2.43. The third-order valence-electron chi connectivity index (χ3n) is 4.42. The first-order valence-corrected chi connectivity index (χ1v) is 8.99. The Morgan fingerprint density at radius 1 is 1.15 bits per heavy atom. The Labute approximate surface area is 155 Å². The van der Waals surface area contributed by atoms with Crippen LogP contribution in [0.4, 0.5) is 0 Å². The molecular weight excluding hydrogens is 328 g/mol. The quantitative estimate of drug-likeness (QED) is 0.762. The van der Waals surface area contributed by atoms with Crippen LogP contribution < -0.4 is 5.56 Å². The van der Waals surface area contributed by atoms with Gasteiger partial charge >= 0.3 is 5.97 Å². The minimum Gasteiger partial charge on any atom is -0.456 e. The van der Waals surface area contributed by atoms with Gasteiger partial charge in [-0.1, -0.05) is 39.8 Å². The van der Waals surface area contributed by atoms with Crippen LogP contribution in [-0.4, -0.2) is 15.7 Å². The Morgan fingerprint density at radius 2 is 1.77 bits per heavy atom. The zero-order valence-electron chi connectivity index (χ0n) is 16.5. The van der Waals surface area contributed by atoms with Gasteiger partial charge in [0, 0.05) is 12.6 Å². The van der Waals surface area contributed by atoms with Crippen molar-refractivity contribution in [2.24, 2.45) is 0 Å². The molecule has 1 heterocycles. The Kier molecular flexibility index (Phi) is 6.01. The monoisotopic (exact) mass is 356 g/mol. The number of aromatic nitrogens is 2. The van der Waals surface area contributed by atoms with Crippen molar-refractivity contribution in [3.63, 3.8) is 0 Å². The third kappa shape index (κ3) is 4.59. The minimum atomic E-state index is -0.520. The Bertz CT molecular complexity index is 837. The maximum Gasteiger partial charge on any atom is 0.359 e. The Morgan fingerprint density at radius 3 is 2.31 bits per heavy atom. The minimum absolute atomic E-state index is 0.0711. The van der Waals surface area contributed by atoms with Crippen LogP contribution in [0.25, 0.3) is 0 Å². The van der Waals surface area contributed by atoms with E-state index in [2.05, 4.69) is 38.0 Å². The summed E-state index contributed by atoms with van der Waals surface area (Å²) in [5.74, 6) is -0.520. The summed E-state index contributed by atoms with van der Waals surface area (Å²) in [6.07, 6.45) is 0.768. The third-order valence-corrected chi connectivity index (χ3v) is 4.42. The predicted octanol–water partition coefficient (Wildman–Crippen LogP) is 3.92. The van der Waals surface area contributed by atoms with E-state index < -0.39 is 5.97 Å². The van der Waals surface area contributed by atoms with Crippen molar-refractivity contribution in [1.29, 1.82) is 0 Å². The summed E-state index contributed by atoms with van der Waals surface area (Å²) >= 11 is 0. The molecule has 0 aliphatic carbocycles. The van der Waals surface area contributed by atoms with Crippen molar-refractivity contribution in [3.8, 4) is 0 Å². The van der Waals surface area contributed by atoms with Crippen molar-refractivity contribution in [1.82, 2.24) is 9.78 Å². The maximum atomic E-state index is 12.3. The van der Waals surface area contributed by atoms with Crippen molar-refractivity contribution < 1.29 is 9.53 Å². The van der Waals surface area contributed by atoms with Crippen LogP contribution >= 0.6 is 0 Å². The van der Waals surface area contributed by atoms with E-state index in [-0.39, 0.29) is 23.3 Å². The molecule has 0 saturated carbocycles. The van der Waals surface area contributed by atoms with Crippen molar-refractivity contribution in [2.75, 3.05) is 0 Å². The Balaban J connectivity index is 2.17. The molecule has 140 valence electrons. The van der Waals surface area contributed by atoms with Crippen LogP contribution in [-0.2, 0) is 23.3 Å². The average molecular weight is 356 g/mol. The molecule has 0 N–H and O–H groups in total. The molecule has 0 saturated heterocycles. The van der Waals surface area contributed by atoms with E-state index >= 15 is 0 Å². The van der Waals surface area contributed by atoms with Gasteiger partial charge in [0.15, 0.2) is 5.69 Å². The molecule has 0 bridgehead atoms. The van der Waals surface area contributed by atoms with Crippen LogP contribution in [0.2, 0.25) is 0 Å². The number of benzene rings is 1. The molecule has 0 aliphatic rings. The second kappa shape index (κ2) is 7.85. The van der Waals surface area contributed by atoms with Crippen LogP contribution in [0.15, 0.2) is 29.1 Å². The molecule has 1 aromatic carbocycles. The van der Waals surface area contributed by atoms with E-state index in [4.69, 9.17) is 4.74 Å². The van der Waals surface area contributed by atoms with E-state index in [1.807, 2.05) is 20.8 Å². The first kappa shape index (κ1) is 19.9. The lowest BCUT2D eigenvalue weighted by molar-refractivity contribution is 0.0461. The molecule has 5 nitrogen and oxygen atoms in total. The summed E-state index contributed by atoms with van der Waals surface area (Å²) in [7, 11) is 0. The summed E-state index contributed by atoms with van der Waals surface area (Å²) in [6, 6.07) is 7.07. The van der Waals surface area contributed by atoms with E-state index in [0.717, 1.165) is 23.1 Å². The summed E-state index contributed by atoms with van der Waals surface area (Å²) < 4.78 is 6.75. The second-order valence-corrected chi connectivity index (χ2v) is 7.69. The maximum absolute atomic E-state index is 12.3. The molecule has 2 aromatic rings. The van der Waals surface area contributed by atoms with Gasteiger partial charge in [-0.05, 0) is 54.0 Å². The largest absolute Gasteiger partial charge is 0.456 e. The molecule has 0 aliphatic heterocycles. The number of ether oxygens (including phenoxy) is 1. The lowest BCUT2D eigenvalue weighted by Crippen LogP contribution is -2.24. The average Bonchev–Trinajstić information content (AvgIpc) is 2.55. The lowest BCUT2D eigenvalue weighted by atomic mass is 9.84. The highest BCUT2D eigenvalue weighted by Gasteiger charge is 2.18. The van der Waals surface area contributed by atoms with Crippen LogP contribution in [0, 0.1) is 13.8 Å². The van der Waals surface area contributed by atoms with E-state index in [1.54, 1.807) is 0 Å². The molecule has 0 atom stereocenters. The molecule has 0 fully saturated rings. The van der Waals surface area contributed by atoms with Crippen molar-refractivity contribution >= 4 is 5.97 Å². The van der Waals surface area contributed by atoms with Crippen LogP contribution in [0.5, 0.6) is 0 Å². The highest BCUT2D eigenvalue weighted by molar-refractivity contribution is 5.86. The fourth-order valence-corrected chi connectivity index (χ4v) is 2.80. The first-order valence-electron chi connectivity index (χ1n) is 8.99. The molecule has 0 unspecified atom stereocenters. The highest BCUT2D eigenvalue weighted by Crippen LogP contribution is 2.27. The number of nitrogens with zero attached hydrogens (tertiary/aromatic N) is 2. The smallest absolute Gasteiger partial charge is 0.359 e. The highest BCUT2D eigenvalue weighted by atomic mass is 16.5. The van der Waals surface area contributed by atoms with Gasteiger partial charge in [0.1, 0.15) is 6.61 Å². The van der Waals surface area contributed by atoms with Gasteiger partial charge < -0.3 is 4.74 Å². The molecule has 2 rings (SSSR count). The van der Waals surface area contributed by atoms with Gasteiger partial charge in [-0.2, -0.15) is 5.10 Å². The number of esters is 1. The summed E-state index contributed by atoms with van der Waals surface area (Å²) in [5, 5.41) is 4.10. The molecule has 0 radical (unpaired) electrons. The van der Waals surface area contributed by atoms with E-state index in [1.165, 1.54) is 22.4 Å². The molecule has 26 heavy (non-hydrogen) atoms. The van der Waals surface area contributed by atoms with E-state index in [0.29, 0.717) is 6.54 Å². The zero-order valence-corrected chi connectivity index (χ0v) is 16.5. The number of carbonyl (C=O) groups excluding carboxylic acids is 1. The van der Waals surface area contributed by atoms with Crippen molar-refractivity contribution in [2.45, 2.75) is 66.5 Å². The van der Waals surface area contributed by atoms with Crippen LogP contribution in [0.3, 0.4) is 0 Å². The normalized spacial score (nSPS) is 11.5. The number of hydrogen-bond donors (Lipinski definition) is 0. The summed E-state index contributed by atoms with van der Waals surface area (Å²) in [4.78, 5) is 24.0. The number of carbonyl (C=O) groups is 1. The van der Waals surface area contributed by atoms with E-state index in [9.17, 15) is 9.59 Å². The summed E-state index contributed by atoms with van der Waals surface area (Å²) in [5.41, 5.74) is 4.48. The van der Waals surface area contributed by atoms with Crippen molar-refractivity contribution in [3.05, 3.63) is 62.6 Å². The number of aryl methyl sites for hydroxylation is 3. The van der Waals surface area contributed by atoms with Gasteiger partial charge in [-0.3, -0.25) is 4.79 Å². The fraction of sp³-hybridized carbons (Fsp3) is 0.476. The molecule has 0 spiro atoms. The number of rotatable bonds is 5. The van der Waals surface area contributed by atoms with Gasteiger partial charge in [0.05, 0.1) is 0 Å². The lowest BCUT2D eigenvalue weighted by Gasteiger charge is -2.22. The predicted molar refractivity (Wildman–Crippen MR) is 103 cm³/mol. The van der Waals surface area contributed by atoms with Gasteiger partial charge in [0.2, 0.25) is 0 Å².